The second kappa shape index (κ2) is 5.05. The Morgan fingerprint density at radius 2 is 2.05 bits per heavy atom. The van der Waals surface area contributed by atoms with Gasteiger partial charge in [-0.1, -0.05) is 12.1 Å². The summed E-state index contributed by atoms with van der Waals surface area (Å²) in [6.07, 6.45) is -3.75. The van der Waals surface area contributed by atoms with Crippen LogP contribution in [-0.2, 0) is 12.6 Å². The molecule has 0 aliphatic heterocycles. The van der Waals surface area contributed by atoms with Crippen molar-refractivity contribution in [1.29, 1.82) is 0 Å². The summed E-state index contributed by atoms with van der Waals surface area (Å²) in [7, 11) is 0. The largest absolute Gasteiger partial charge is 0.416 e. The van der Waals surface area contributed by atoms with Crippen LogP contribution in [0.2, 0.25) is 0 Å². The third-order valence-corrected chi connectivity index (χ3v) is 2.83. The monoisotopic (exact) mass is 269 g/mol. The van der Waals surface area contributed by atoms with Gasteiger partial charge in [0, 0.05) is 17.7 Å². The van der Waals surface area contributed by atoms with Crippen molar-refractivity contribution in [2.75, 3.05) is 6.54 Å². The molecule has 6 heteroatoms. The molecule has 1 aromatic heterocycles. The van der Waals surface area contributed by atoms with E-state index in [9.17, 15) is 13.2 Å². The number of alkyl halides is 3. The second-order valence-corrected chi connectivity index (χ2v) is 4.27. The number of aryl methyl sites for hydroxylation is 1. The number of aromatic nitrogens is 2. The van der Waals surface area contributed by atoms with E-state index in [-0.39, 0.29) is 0 Å². The predicted octanol–water partition coefficient (Wildman–Crippen LogP) is 2.91. The number of halogens is 3. The molecule has 3 nitrogen and oxygen atoms in total. The van der Waals surface area contributed by atoms with Crippen LogP contribution in [0.3, 0.4) is 0 Å². The number of aromatic amines is 1. The van der Waals surface area contributed by atoms with E-state index in [2.05, 4.69) is 9.97 Å². The Balaban J connectivity index is 2.39. The number of imidazole rings is 1. The quantitative estimate of drug-likeness (QED) is 0.900. The summed E-state index contributed by atoms with van der Waals surface area (Å²) in [5.74, 6) is 0.437. The molecular weight excluding hydrogens is 255 g/mol. The van der Waals surface area contributed by atoms with Crippen LogP contribution in [0.5, 0.6) is 0 Å². The van der Waals surface area contributed by atoms with Crippen molar-refractivity contribution in [1.82, 2.24) is 9.97 Å². The fourth-order valence-electron chi connectivity index (χ4n) is 1.86. The van der Waals surface area contributed by atoms with Crippen molar-refractivity contribution in [3.63, 3.8) is 0 Å². The summed E-state index contributed by atoms with van der Waals surface area (Å²) < 4.78 is 37.9. The maximum Gasteiger partial charge on any atom is 0.416 e. The highest BCUT2D eigenvalue weighted by Crippen LogP contribution is 2.31. The lowest BCUT2D eigenvalue weighted by Crippen LogP contribution is -2.04. The van der Waals surface area contributed by atoms with E-state index < -0.39 is 11.7 Å². The molecule has 0 aliphatic rings. The number of nitrogens with two attached hydrogens (primary N) is 1. The highest BCUT2D eigenvalue weighted by atomic mass is 19.4. The first-order chi connectivity index (χ1) is 8.91. The molecule has 0 saturated carbocycles. The summed E-state index contributed by atoms with van der Waals surface area (Å²) in [6, 6.07) is 5.10. The van der Waals surface area contributed by atoms with Gasteiger partial charge in [0.15, 0.2) is 0 Å². The molecule has 2 rings (SSSR count). The zero-order valence-electron chi connectivity index (χ0n) is 10.4. The summed E-state index contributed by atoms with van der Waals surface area (Å²) in [5.41, 5.74) is 6.81. The lowest BCUT2D eigenvalue weighted by atomic mass is 10.1. The number of hydrogen-bond donors (Lipinski definition) is 2. The molecule has 0 radical (unpaired) electrons. The first-order valence-corrected chi connectivity index (χ1v) is 5.85. The van der Waals surface area contributed by atoms with Gasteiger partial charge in [-0.15, -0.1) is 0 Å². The molecule has 2 aromatic rings. The molecule has 0 aliphatic carbocycles. The third kappa shape index (κ3) is 2.96. The molecule has 0 amide bonds. The van der Waals surface area contributed by atoms with Gasteiger partial charge in [0.1, 0.15) is 5.82 Å². The molecule has 0 unspecified atom stereocenters. The van der Waals surface area contributed by atoms with E-state index in [0.717, 1.165) is 23.5 Å². The fourth-order valence-corrected chi connectivity index (χ4v) is 1.86. The number of H-pyrrole nitrogens is 1. The van der Waals surface area contributed by atoms with Crippen molar-refractivity contribution >= 4 is 0 Å². The van der Waals surface area contributed by atoms with Gasteiger partial charge in [0.2, 0.25) is 0 Å². The Bertz CT molecular complexity index is 573. The third-order valence-electron chi connectivity index (χ3n) is 2.83. The molecule has 1 heterocycles. The maximum atomic E-state index is 12.6. The van der Waals surface area contributed by atoms with E-state index in [1.165, 1.54) is 6.07 Å². The number of nitrogens with zero attached hydrogens (tertiary/aromatic N) is 1. The molecule has 0 spiro atoms. The Morgan fingerprint density at radius 3 is 2.68 bits per heavy atom. The van der Waals surface area contributed by atoms with Crippen LogP contribution in [0.25, 0.3) is 11.4 Å². The average Bonchev–Trinajstić information content (AvgIpc) is 2.71. The molecule has 0 atom stereocenters. The smallest absolute Gasteiger partial charge is 0.342 e. The lowest BCUT2D eigenvalue weighted by Gasteiger charge is -2.07. The number of rotatable bonds is 3. The van der Waals surface area contributed by atoms with Gasteiger partial charge in [-0.2, -0.15) is 13.2 Å². The van der Waals surface area contributed by atoms with Crippen LogP contribution < -0.4 is 5.73 Å². The van der Waals surface area contributed by atoms with Gasteiger partial charge >= 0.3 is 6.18 Å². The molecular formula is C13H14F3N3. The van der Waals surface area contributed by atoms with Crippen molar-refractivity contribution < 1.29 is 13.2 Å². The maximum absolute atomic E-state index is 12.6. The Kier molecular flexibility index (Phi) is 3.61. The SMILES string of the molecule is Cc1[nH]c(-c2cccc(C(F)(F)F)c2)nc1CCN. The number of hydrogen-bond acceptors (Lipinski definition) is 2. The predicted molar refractivity (Wildman–Crippen MR) is 66.5 cm³/mol. The molecule has 0 fully saturated rings. The minimum Gasteiger partial charge on any atom is -0.342 e. The van der Waals surface area contributed by atoms with Gasteiger partial charge in [-0.05, 0) is 25.6 Å². The molecule has 19 heavy (non-hydrogen) atoms. The van der Waals surface area contributed by atoms with Crippen LogP contribution in [0.15, 0.2) is 24.3 Å². The first-order valence-electron chi connectivity index (χ1n) is 5.85. The molecule has 1 aromatic carbocycles. The van der Waals surface area contributed by atoms with Crippen LogP contribution >= 0.6 is 0 Å². The van der Waals surface area contributed by atoms with E-state index in [4.69, 9.17) is 5.73 Å². The standard InChI is InChI=1S/C13H14F3N3/c1-8-11(5-6-17)19-12(18-8)9-3-2-4-10(7-9)13(14,15)16/h2-4,7H,5-6,17H2,1H3,(H,18,19). The fraction of sp³-hybridized carbons (Fsp3) is 0.308. The highest BCUT2D eigenvalue weighted by Gasteiger charge is 2.30. The van der Waals surface area contributed by atoms with E-state index in [0.29, 0.717) is 24.4 Å². The zero-order valence-corrected chi connectivity index (χ0v) is 10.4. The molecule has 3 N–H and O–H groups in total. The lowest BCUT2D eigenvalue weighted by molar-refractivity contribution is -0.137. The minimum atomic E-state index is -4.35. The van der Waals surface area contributed by atoms with Crippen molar-refractivity contribution in [2.24, 2.45) is 5.73 Å². The highest BCUT2D eigenvalue weighted by molar-refractivity contribution is 5.57. The molecule has 102 valence electrons. The summed E-state index contributed by atoms with van der Waals surface area (Å²) >= 11 is 0. The van der Waals surface area contributed by atoms with Crippen molar-refractivity contribution in [3.05, 3.63) is 41.2 Å². The normalized spacial score (nSPS) is 11.8. The van der Waals surface area contributed by atoms with E-state index in [1.54, 1.807) is 6.07 Å². The summed E-state index contributed by atoms with van der Waals surface area (Å²) in [5, 5.41) is 0. The van der Waals surface area contributed by atoms with Gasteiger partial charge in [0.05, 0.1) is 11.3 Å². The van der Waals surface area contributed by atoms with Crippen LogP contribution in [0.1, 0.15) is 17.0 Å². The summed E-state index contributed by atoms with van der Waals surface area (Å²) in [4.78, 5) is 7.28. The van der Waals surface area contributed by atoms with E-state index >= 15 is 0 Å². The Labute approximate surface area is 108 Å². The van der Waals surface area contributed by atoms with E-state index in [1.807, 2.05) is 6.92 Å². The van der Waals surface area contributed by atoms with Crippen LogP contribution in [-0.4, -0.2) is 16.5 Å². The summed E-state index contributed by atoms with van der Waals surface area (Å²) in [6.45, 7) is 2.28. The average molecular weight is 269 g/mol. The second-order valence-electron chi connectivity index (χ2n) is 4.27. The van der Waals surface area contributed by atoms with Gasteiger partial charge in [-0.3, -0.25) is 0 Å². The van der Waals surface area contributed by atoms with Crippen LogP contribution in [0, 0.1) is 6.92 Å². The first kappa shape index (κ1) is 13.6. The van der Waals surface area contributed by atoms with Crippen molar-refractivity contribution in [2.45, 2.75) is 19.5 Å². The number of nitrogens with one attached hydrogen (secondary N) is 1. The van der Waals surface area contributed by atoms with Gasteiger partial charge in [-0.25, -0.2) is 4.98 Å². The molecule has 0 bridgehead atoms. The Hall–Kier alpha value is -1.82. The van der Waals surface area contributed by atoms with Crippen molar-refractivity contribution in [3.8, 4) is 11.4 Å². The van der Waals surface area contributed by atoms with Gasteiger partial charge < -0.3 is 10.7 Å². The Morgan fingerprint density at radius 1 is 1.32 bits per heavy atom. The topological polar surface area (TPSA) is 54.7 Å². The van der Waals surface area contributed by atoms with Gasteiger partial charge in [0.25, 0.3) is 0 Å². The number of benzene rings is 1. The van der Waals surface area contributed by atoms with Crippen LogP contribution in [0.4, 0.5) is 13.2 Å². The zero-order chi connectivity index (χ0) is 14.0. The molecule has 0 saturated heterocycles. The minimum absolute atomic E-state index is 0.418.